The van der Waals surface area contributed by atoms with Crippen molar-refractivity contribution in [1.82, 2.24) is 24.9 Å². The summed E-state index contributed by atoms with van der Waals surface area (Å²) in [5.41, 5.74) is 16.8. The quantitative estimate of drug-likeness (QED) is 0.0280. The van der Waals surface area contributed by atoms with Crippen LogP contribution in [0.3, 0.4) is 0 Å². The molecule has 10 N–H and O–H groups in total. The third kappa shape index (κ3) is 17.8. The van der Waals surface area contributed by atoms with Crippen LogP contribution in [0.1, 0.15) is 185 Å². The standard InChI is InChI=1S/2C14H16N2O4.2C13H16N2O3.C13H18N2O.2CH4/c2*1-14(2,3)11-6-8-5-9(16(18)19)7-10(12(8)15-11)13(17)20-4;2*1-13(2,3)11-6-8-4-10(15(17)18)5-9(7-16)12(8)14-11;1-13(2,3)11-6-8-4-10(14)5-9(7-16)12(8)15-11;;/h2*5-7,15H,1-4H3;2*4-6,14,16H,7H2,1-3H3;4-6,15-16H,7,14H2,1-3H3;2*1H4. The van der Waals surface area contributed by atoms with E-state index in [1.165, 1.54) is 62.8 Å². The van der Waals surface area contributed by atoms with E-state index in [-0.39, 0.29) is 95.6 Å². The molecule has 0 radical (unpaired) electrons. The molecule has 506 valence electrons. The molecule has 5 heterocycles. The molecule has 0 fully saturated rings. The Morgan fingerprint density at radius 3 is 0.809 bits per heavy atom. The number of hydrogen-bond acceptors (Lipinski definition) is 16. The fourth-order valence-electron chi connectivity index (χ4n) is 9.76. The summed E-state index contributed by atoms with van der Waals surface area (Å²) in [6.07, 6.45) is 0. The molecule has 0 aliphatic rings. The number of esters is 2. The van der Waals surface area contributed by atoms with Crippen LogP contribution >= 0.6 is 0 Å². The molecule has 5 aromatic heterocycles. The van der Waals surface area contributed by atoms with Crippen LogP contribution in [0.2, 0.25) is 0 Å². The summed E-state index contributed by atoms with van der Waals surface area (Å²) < 4.78 is 9.38. The topological polar surface area (TPSA) is 391 Å². The highest BCUT2D eigenvalue weighted by Crippen LogP contribution is 2.36. The fraction of sp³-hybridized carbons (Fsp3) is 0.391. The summed E-state index contributed by atoms with van der Waals surface area (Å²) in [6, 6.07) is 24.6. The van der Waals surface area contributed by atoms with E-state index in [4.69, 9.17) is 15.2 Å². The summed E-state index contributed by atoms with van der Waals surface area (Å²) in [5.74, 6) is -1.19. The number of H-pyrrole nitrogens is 5. The zero-order chi connectivity index (χ0) is 69.1. The van der Waals surface area contributed by atoms with Gasteiger partial charge in [0, 0.05) is 153 Å². The van der Waals surface area contributed by atoms with Crippen molar-refractivity contribution in [3.05, 3.63) is 188 Å². The van der Waals surface area contributed by atoms with Crippen LogP contribution in [0.25, 0.3) is 54.5 Å². The third-order valence-electron chi connectivity index (χ3n) is 15.1. The Labute approximate surface area is 545 Å². The van der Waals surface area contributed by atoms with Gasteiger partial charge in [0.25, 0.3) is 22.7 Å². The number of nitro benzene ring substituents is 4. The van der Waals surface area contributed by atoms with Crippen molar-refractivity contribution >= 4 is 94.9 Å². The van der Waals surface area contributed by atoms with Crippen molar-refractivity contribution < 1.29 is 54.1 Å². The van der Waals surface area contributed by atoms with Gasteiger partial charge in [0.15, 0.2) is 0 Å². The molecule has 5 aromatic carbocycles. The third-order valence-corrected chi connectivity index (χ3v) is 15.1. The normalized spacial score (nSPS) is 11.6. The van der Waals surface area contributed by atoms with E-state index >= 15 is 0 Å². The van der Waals surface area contributed by atoms with Gasteiger partial charge in [-0.3, -0.25) is 40.5 Å². The number of nitrogen functional groups attached to an aromatic ring is 1. The number of carbonyl (C=O) groups excluding carboxylic acids is 2. The van der Waals surface area contributed by atoms with Gasteiger partial charge >= 0.3 is 11.9 Å². The van der Waals surface area contributed by atoms with Crippen molar-refractivity contribution in [1.29, 1.82) is 0 Å². The zero-order valence-electron chi connectivity index (χ0n) is 54.9. The lowest BCUT2D eigenvalue weighted by molar-refractivity contribution is -0.385. The van der Waals surface area contributed by atoms with Crippen LogP contribution in [-0.4, -0.2) is 86.1 Å². The summed E-state index contributed by atoms with van der Waals surface area (Å²) in [7, 11) is 2.50. The average Bonchev–Trinajstić information content (AvgIpc) is 1.65. The minimum atomic E-state index is -0.596. The molecule has 10 aromatic rings. The molecule has 0 spiro atoms. The number of carbonyl (C=O) groups is 2. The lowest BCUT2D eigenvalue weighted by Gasteiger charge is -2.15. The second kappa shape index (κ2) is 29.3. The molecule has 0 aliphatic heterocycles. The van der Waals surface area contributed by atoms with Crippen molar-refractivity contribution in [2.75, 3.05) is 20.0 Å². The van der Waals surface area contributed by atoms with Crippen LogP contribution in [0.5, 0.6) is 0 Å². The lowest BCUT2D eigenvalue weighted by atomic mass is 9.92. The van der Waals surface area contributed by atoms with E-state index < -0.39 is 31.6 Å². The van der Waals surface area contributed by atoms with Gasteiger partial charge in [0.1, 0.15) is 0 Å². The highest BCUT2D eigenvalue weighted by Gasteiger charge is 2.27. The number of nitrogens with zero attached hydrogens (tertiary/aromatic N) is 4. The van der Waals surface area contributed by atoms with Crippen LogP contribution in [-0.2, 0) is 56.4 Å². The summed E-state index contributed by atoms with van der Waals surface area (Å²) in [6.45, 7) is 30.5. The SMILES string of the molecule is C.C.CC(C)(C)c1cc2cc(N)cc(CO)c2[nH]1.CC(C)(C)c1cc2cc([N+](=O)[O-])cc(CO)c2[nH]1.CC(C)(C)c1cc2cc([N+](=O)[O-])cc(CO)c2[nH]1.COC(=O)c1cc([N+](=O)[O-])cc2cc(C(C)(C)C)[nH]c12.COC(=O)c1cc([N+](=O)[O-])cc2cc(C(C)(C)C)[nH]c12. The number of aromatic nitrogens is 5. The summed E-state index contributed by atoms with van der Waals surface area (Å²) >= 11 is 0. The predicted molar refractivity (Wildman–Crippen MR) is 370 cm³/mol. The minimum Gasteiger partial charge on any atom is -0.465 e. The number of hydrogen-bond donors (Lipinski definition) is 9. The number of methoxy groups -OCH3 is 2. The number of aromatic amines is 5. The van der Waals surface area contributed by atoms with Crippen molar-refractivity contribution in [3.8, 4) is 0 Å². The Bertz CT molecular complexity index is 4200. The highest BCUT2D eigenvalue weighted by atomic mass is 16.6. The van der Waals surface area contributed by atoms with Crippen LogP contribution in [0.15, 0.2) is 91.0 Å². The van der Waals surface area contributed by atoms with Gasteiger partial charge in [-0.1, -0.05) is 119 Å². The van der Waals surface area contributed by atoms with E-state index in [0.717, 1.165) is 66.7 Å². The molecule has 25 nitrogen and oxygen atoms in total. The van der Waals surface area contributed by atoms with E-state index in [1.54, 1.807) is 0 Å². The number of nitro groups is 4. The molecule has 0 aliphatic carbocycles. The van der Waals surface area contributed by atoms with Crippen molar-refractivity contribution in [2.24, 2.45) is 0 Å². The van der Waals surface area contributed by atoms with Crippen LogP contribution < -0.4 is 5.73 Å². The number of anilines is 1. The number of ether oxygens (including phenoxy) is 2. The Kier molecular flexibility index (Phi) is 23.9. The van der Waals surface area contributed by atoms with Gasteiger partial charge in [0.2, 0.25) is 0 Å². The first-order valence-corrected chi connectivity index (χ1v) is 29.2. The molecule has 25 heteroatoms. The van der Waals surface area contributed by atoms with E-state index in [9.17, 15) is 65.4 Å². The summed E-state index contributed by atoms with van der Waals surface area (Å²) in [5, 5.41) is 75.3. The van der Waals surface area contributed by atoms with Gasteiger partial charge in [-0.25, -0.2) is 9.59 Å². The van der Waals surface area contributed by atoms with E-state index in [1.807, 2.05) is 77.9 Å². The van der Waals surface area contributed by atoms with Gasteiger partial charge in [-0.2, -0.15) is 0 Å². The highest BCUT2D eigenvalue weighted by molar-refractivity contribution is 6.05. The number of nitrogens with two attached hydrogens (primary N) is 1. The van der Waals surface area contributed by atoms with E-state index in [2.05, 4.69) is 93.3 Å². The van der Waals surface area contributed by atoms with Crippen LogP contribution in [0.4, 0.5) is 28.4 Å². The van der Waals surface area contributed by atoms with Crippen molar-refractivity contribution in [3.63, 3.8) is 0 Å². The van der Waals surface area contributed by atoms with Crippen LogP contribution in [0, 0.1) is 40.5 Å². The number of aliphatic hydroxyl groups is 3. The molecule has 94 heavy (non-hydrogen) atoms. The largest absolute Gasteiger partial charge is 0.465 e. The Balaban J connectivity index is 0.000000249. The first-order chi connectivity index (χ1) is 42.5. The van der Waals surface area contributed by atoms with Crippen molar-refractivity contribution in [2.45, 2.75) is 166 Å². The molecule has 0 amide bonds. The molecule has 0 unspecified atom stereocenters. The average molecular weight is 1300 g/mol. The minimum absolute atomic E-state index is 0. The Hall–Kier alpha value is -9.98. The predicted octanol–water partition coefficient (Wildman–Crippen LogP) is 15.9. The van der Waals surface area contributed by atoms with Gasteiger partial charge in [-0.15, -0.1) is 0 Å². The number of rotatable bonds is 9. The molecular weight excluding hydrogens is 1210 g/mol. The lowest BCUT2D eigenvalue weighted by Crippen LogP contribution is -2.11. The molecule has 0 bridgehead atoms. The maximum atomic E-state index is 11.8. The maximum Gasteiger partial charge on any atom is 0.340 e. The number of aliphatic hydroxyl groups excluding tert-OH is 3. The Morgan fingerprint density at radius 1 is 0.372 bits per heavy atom. The molecule has 0 atom stereocenters. The van der Waals surface area contributed by atoms with Gasteiger partial charge in [0.05, 0.1) is 92.4 Å². The smallest absolute Gasteiger partial charge is 0.340 e. The first kappa shape index (κ1) is 76.5. The first-order valence-electron chi connectivity index (χ1n) is 29.2. The number of nitrogens with one attached hydrogen (secondary N) is 5. The molecule has 0 saturated carbocycles. The van der Waals surface area contributed by atoms with Gasteiger partial charge < -0.3 is 55.4 Å². The molecular formula is C69H90N10O15. The zero-order valence-corrected chi connectivity index (χ0v) is 54.9. The molecule has 0 saturated heterocycles. The number of benzene rings is 5. The van der Waals surface area contributed by atoms with E-state index in [0.29, 0.717) is 38.6 Å². The maximum absolute atomic E-state index is 11.8. The summed E-state index contributed by atoms with van der Waals surface area (Å²) in [4.78, 5) is 81.4. The Morgan fingerprint density at radius 2 is 0.585 bits per heavy atom. The number of fused-ring (bicyclic) bond motifs is 5. The number of non-ortho nitro benzene ring substituents is 4. The second-order valence-electron chi connectivity index (χ2n) is 27.3. The second-order valence-corrected chi connectivity index (χ2v) is 27.3. The monoisotopic (exact) mass is 1300 g/mol. The molecule has 10 rings (SSSR count). The van der Waals surface area contributed by atoms with Gasteiger partial charge in [-0.05, 0) is 42.5 Å². The fourth-order valence-corrected chi connectivity index (χ4v) is 9.76.